The molecule has 4 rings (SSSR count). The highest BCUT2D eigenvalue weighted by Gasteiger charge is 2.17. The lowest BCUT2D eigenvalue weighted by Crippen LogP contribution is -2.12. The standard InChI is InChI=1S/C20H16FN3O3S/c1-27-16-8-6-15(7-9-16)24-28(25,26)17-4-2-3-13(11-17)20-18-10-5-14(21)12-19(18)22-23-20/h2-12,24H,1H3,(H,22,23). The van der Waals surface area contributed by atoms with Crippen molar-refractivity contribution in [3.63, 3.8) is 0 Å². The van der Waals surface area contributed by atoms with Crippen LogP contribution in [0.1, 0.15) is 0 Å². The van der Waals surface area contributed by atoms with Crippen molar-refractivity contribution in [2.24, 2.45) is 0 Å². The molecule has 0 saturated heterocycles. The predicted molar refractivity (Wildman–Crippen MR) is 105 cm³/mol. The summed E-state index contributed by atoms with van der Waals surface area (Å²) in [5.41, 5.74) is 2.12. The van der Waals surface area contributed by atoms with Crippen LogP contribution in [0.15, 0.2) is 71.6 Å². The summed E-state index contributed by atoms with van der Waals surface area (Å²) in [5.74, 6) is 0.259. The van der Waals surface area contributed by atoms with Crippen molar-refractivity contribution in [1.29, 1.82) is 0 Å². The fourth-order valence-corrected chi connectivity index (χ4v) is 4.00. The number of halogens is 1. The second-order valence-corrected chi connectivity index (χ2v) is 7.81. The maximum Gasteiger partial charge on any atom is 0.261 e. The van der Waals surface area contributed by atoms with Crippen molar-refractivity contribution in [2.75, 3.05) is 11.8 Å². The third kappa shape index (κ3) is 3.41. The highest BCUT2D eigenvalue weighted by atomic mass is 32.2. The molecule has 0 bridgehead atoms. The SMILES string of the molecule is COc1ccc(NS(=O)(=O)c2cccc(-c3n[nH]c4cc(F)ccc34)c2)cc1. The van der Waals surface area contributed by atoms with Gasteiger partial charge in [-0.1, -0.05) is 12.1 Å². The van der Waals surface area contributed by atoms with E-state index in [1.54, 1.807) is 42.5 Å². The molecule has 0 amide bonds. The Morgan fingerprint density at radius 1 is 1.04 bits per heavy atom. The maximum atomic E-state index is 13.4. The minimum atomic E-state index is -3.80. The van der Waals surface area contributed by atoms with Gasteiger partial charge in [-0.15, -0.1) is 0 Å². The van der Waals surface area contributed by atoms with Crippen LogP contribution >= 0.6 is 0 Å². The molecule has 6 nitrogen and oxygen atoms in total. The van der Waals surface area contributed by atoms with Gasteiger partial charge in [0, 0.05) is 16.6 Å². The molecule has 0 fully saturated rings. The first-order valence-electron chi connectivity index (χ1n) is 8.37. The smallest absolute Gasteiger partial charge is 0.261 e. The summed E-state index contributed by atoms with van der Waals surface area (Å²) in [6.07, 6.45) is 0. The van der Waals surface area contributed by atoms with E-state index in [-0.39, 0.29) is 10.7 Å². The predicted octanol–water partition coefficient (Wildman–Crippen LogP) is 4.18. The van der Waals surface area contributed by atoms with Gasteiger partial charge in [-0.2, -0.15) is 5.10 Å². The van der Waals surface area contributed by atoms with Crippen LogP contribution in [0.2, 0.25) is 0 Å². The lowest BCUT2D eigenvalue weighted by Gasteiger charge is -2.10. The highest BCUT2D eigenvalue weighted by Crippen LogP contribution is 2.29. The van der Waals surface area contributed by atoms with Gasteiger partial charge in [0.1, 0.15) is 11.6 Å². The molecule has 0 atom stereocenters. The number of sulfonamides is 1. The average molecular weight is 397 g/mol. The zero-order valence-corrected chi connectivity index (χ0v) is 15.6. The van der Waals surface area contributed by atoms with Gasteiger partial charge in [-0.25, -0.2) is 12.8 Å². The molecule has 0 aliphatic rings. The Bertz CT molecular complexity index is 1250. The molecule has 0 saturated carbocycles. The van der Waals surface area contributed by atoms with E-state index in [4.69, 9.17) is 4.74 Å². The van der Waals surface area contributed by atoms with Crippen LogP contribution in [0.5, 0.6) is 5.75 Å². The summed E-state index contributed by atoms with van der Waals surface area (Å²) in [6.45, 7) is 0. The first-order chi connectivity index (χ1) is 13.5. The molecule has 8 heteroatoms. The summed E-state index contributed by atoms with van der Waals surface area (Å²) in [4.78, 5) is 0.0964. The molecule has 2 N–H and O–H groups in total. The molecule has 3 aromatic carbocycles. The molecule has 142 valence electrons. The fraction of sp³-hybridized carbons (Fsp3) is 0.0500. The molecule has 0 radical (unpaired) electrons. The van der Waals surface area contributed by atoms with Crippen molar-refractivity contribution >= 4 is 26.6 Å². The Hall–Kier alpha value is -3.39. The first-order valence-corrected chi connectivity index (χ1v) is 9.85. The third-order valence-corrected chi connectivity index (χ3v) is 5.66. The fourth-order valence-electron chi connectivity index (χ4n) is 2.90. The number of rotatable bonds is 5. The van der Waals surface area contributed by atoms with Gasteiger partial charge in [0.15, 0.2) is 0 Å². The van der Waals surface area contributed by atoms with Crippen molar-refractivity contribution < 1.29 is 17.5 Å². The first kappa shape index (κ1) is 18.0. The Morgan fingerprint density at radius 2 is 1.82 bits per heavy atom. The lowest BCUT2D eigenvalue weighted by molar-refractivity contribution is 0.415. The highest BCUT2D eigenvalue weighted by molar-refractivity contribution is 7.92. The number of methoxy groups -OCH3 is 1. The molecule has 1 aromatic heterocycles. The largest absolute Gasteiger partial charge is 0.497 e. The van der Waals surface area contributed by atoms with E-state index in [1.807, 2.05) is 0 Å². The van der Waals surface area contributed by atoms with Gasteiger partial charge in [-0.3, -0.25) is 9.82 Å². The van der Waals surface area contributed by atoms with Crippen LogP contribution in [0.4, 0.5) is 10.1 Å². The van der Waals surface area contributed by atoms with Crippen LogP contribution in [0.25, 0.3) is 22.2 Å². The normalized spacial score (nSPS) is 11.5. The quantitative estimate of drug-likeness (QED) is 0.529. The Labute approximate surface area is 161 Å². The average Bonchev–Trinajstić information content (AvgIpc) is 3.11. The zero-order chi connectivity index (χ0) is 19.7. The van der Waals surface area contributed by atoms with E-state index in [2.05, 4.69) is 14.9 Å². The Morgan fingerprint density at radius 3 is 2.57 bits per heavy atom. The van der Waals surface area contributed by atoms with Gasteiger partial charge in [0.2, 0.25) is 0 Å². The van der Waals surface area contributed by atoms with Crippen LogP contribution < -0.4 is 9.46 Å². The minimum Gasteiger partial charge on any atom is -0.497 e. The van der Waals surface area contributed by atoms with Gasteiger partial charge >= 0.3 is 0 Å². The van der Waals surface area contributed by atoms with Crippen molar-refractivity contribution in [1.82, 2.24) is 10.2 Å². The van der Waals surface area contributed by atoms with E-state index in [1.165, 1.54) is 31.4 Å². The number of aromatic nitrogens is 2. The number of hydrogen-bond donors (Lipinski definition) is 2. The van der Waals surface area contributed by atoms with E-state index in [0.717, 1.165) is 0 Å². The second-order valence-electron chi connectivity index (χ2n) is 6.12. The van der Waals surface area contributed by atoms with Crippen LogP contribution in [0, 0.1) is 5.82 Å². The molecule has 0 spiro atoms. The summed E-state index contributed by atoms with van der Waals surface area (Å²) < 4.78 is 46.5. The van der Waals surface area contributed by atoms with Crippen LogP contribution in [0.3, 0.4) is 0 Å². The molecule has 1 heterocycles. The molecule has 0 aliphatic heterocycles. The minimum absolute atomic E-state index is 0.0964. The van der Waals surface area contributed by atoms with Crippen molar-refractivity contribution in [3.8, 4) is 17.0 Å². The molecule has 0 unspecified atom stereocenters. The summed E-state index contributed by atoms with van der Waals surface area (Å²) in [5, 5.41) is 7.69. The number of anilines is 1. The van der Waals surface area contributed by atoms with Gasteiger partial charge < -0.3 is 4.74 Å². The molecule has 4 aromatic rings. The number of nitrogens with one attached hydrogen (secondary N) is 2. The summed E-state index contributed by atoms with van der Waals surface area (Å²) >= 11 is 0. The Kier molecular flexibility index (Phi) is 4.48. The number of aromatic amines is 1. The summed E-state index contributed by atoms with van der Waals surface area (Å²) in [7, 11) is -2.26. The van der Waals surface area contributed by atoms with E-state index < -0.39 is 10.0 Å². The van der Waals surface area contributed by atoms with Crippen molar-refractivity contribution in [3.05, 3.63) is 72.5 Å². The topological polar surface area (TPSA) is 84.1 Å². The number of benzene rings is 3. The number of hydrogen-bond acceptors (Lipinski definition) is 4. The zero-order valence-electron chi connectivity index (χ0n) is 14.8. The van der Waals surface area contributed by atoms with Crippen molar-refractivity contribution in [2.45, 2.75) is 4.90 Å². The number of nitrogens with zero attached hydrogens (tertiary/aromatic N) is 1. The van der Waals surface area contributed by atoms with Gasteiger partial charge in [0.05, 0.1) is 23.2 Å². The molecular weight excluding hydrogens is 381 g/mol. The van der Waals surface area contributed by atoms with E-state index >= 15 is 0 Å². The van der Waals surface area contributed by atoms with Gasteiger partial charge in [-0.05, 0) is 54.6 Å². The van der Waals surface area contributed by atoms with Crippen LogP contribution in [-0.2, 0) is 10.0 Å². The number of ether oxygens (including phenoxy) is 1. The lowest BCUT2D eigenvalue weighted by atomic mass is 10.1. The van der Waals surface area contributed by atoms with E-state index in [9.17, 15) is 12.8 Å². The monoisotopic (exact) mass is 397 g/mol. The van der Waals surface area contributed by atoms with Crippen LogP contribution in [-0.4, -0.2) is 25.7 Å². The molecule has 0 aliphatic carbocycles. The Balaban J connectivity index is 1.68. The maximum absolute atomic E-state index is 13.4. The molecule has 28 heavy (non-hydrogen) atoms. The second kappa shape index (κ2) is 6.97. The molecular formula is C20H16FN3O3S. The number of H-pyrrole nitrogens is 1. The summed E-state index contributed by atoms with van der Waals surface area (Å²) in [6, 6.07) is 17.3. The third-order valence-electron chi connectivity index (χ3n) is 4.28. The van der Waals surface area contributed by atoms with E-state index in [0.29, 0.717) is 33.6 Å². The number of fused-ring (bicyclic) bond motifs is 1. The van der Waals surface area contributed by atoms with Gasteiger partial charge in [0.25, 0.3) is 10.0 Å².